The van der Waals surface area contributed by atoms with Crippen LogP contribution in [0.1, 0.15) is 36.8 Å². The smallest absolute Gasteiger partial charge is 0.252 e. The van der Waals surface area contributed by atoms with Gasteiger partial charge in [-0.1, -0.05) is 18.2 Å². The van der Waals surface area contributed by atoms with E-state index in [-0.39, 0.29) is 12.5 Å². The van der Waals surface area contributed by atoms with Gasteiger partial charge in [-0.05, 0) is 50.7 Å². The minimum atomic E-state index is -1.29. The lowest BCUT2D eigenvalue weighted by molar-refractivity contribution is -0.140. The van der Waals surface area contributed by atoms with Crippen molar-refractivity contribution in [1.82, 2.24) is 5.32 Å². The number of hydrogen-bond acceptors (Lipinski definition) is 3. The molecule has 1 aliphatic rings. The number of hydrogen-bond donors (Lipinski definition) is 3. The molecule has 2 rings (SSSR count). The Labute approximate surface area is 124 Å². The average Bonchev–Trinajstić information content (AvgIpc) is 2.88. The van der Waals surface area contributed by atoms with Crippen molar-refractivity contribution >= 4 is 17.5 Å². The Kier molecular flexibility index (Phi) is 4.63. The first-order valence-electron chi connectivity index (χ1n) is 7.29. The summed E-state index contributed by atoms with van der Waals surface area (Å²) in [4.78, 5) is 23.8. The fraction of sp³-hybridized carbons (Fsp3) is 0.500. The van der Waals surface area contributed by atoms with Crippen LogP contribution >= 0.6 is 0 Å². The zero-order chi connectivity index (χ0) is 15.5. The number of aliphatic hydroxyl groups is 1. The van der Waals surface area contributed by atoms with Crippen molar-refractivity contribution in [3.8, 4) is 0 Å². The molecule has 1 aromatic carbocycles. The van der Waals surface area contributed by atoms with Crippen molar-refractivity contribution < 1.29 is 14.7 Å². The molecule has 0 aliphatic heterocycles. The normalized spacial score (nSPS) is 16.5. The van der Waals surface area contributed by atoms with Crippen LogP contribution in [0.4, 0.5) is 5.69 Å². The Bertz CT molecular complexity index is 528. The molecule has 0 saturated heterocycles. The minimum absolute atomic E-state index is 0.130. The molecule has 1 aromatic rings. The van der Waals surface area contributed by atoms with Crippen LogP contribution in [0.3, 0.4) is 0 Å². The van der Waals surface area contributed by atoms with Gasteiger partial charge in [0.1, 0.15) is 5.60 Å². The Morgan fingerprint density at radius 2 is 1.76 bits per heavy atom. The third kappa shape index (κ3) is 3.61. The lowest BCUT2D eigenvalue weighted by Gasteiger charge is -2.20. The summed E-state index contributed by atoms with van der Waals surface area (Å²) in [6.45, 7) is 3.71. The van der Waals surface area contributed by atoms with Crippen LogP contribution in [0.15, 0.2) is 18.2 Å². The number of amides is 2. The summed E-state index contributed by atoms with van der Waals surface area (Å²) in [5.41, 5.74) is 1.43. The highest BCUT2D eigenvalue weighted by molar-refractivity contribution is 5.96. The Hall–Kier alpha value is -1.88. The summed E-state index contributed by atoms with van der Waals surface area (Å²) in [7, 11) is 0. The summed E-state index contributed by atoms with van der Waals surface area (Å²) in [6, 6.07) is 5.77. The SMILES string of the molecule is Cc1cccc(C)c1NC(=O)CNC(=O)C1(O)CCCC1. The lowest BCUT2D eigenvalue weighted by atomic mass is 10.0. The van der Waals surface area contributed by atoms with Crippen LogP contribution < -0.4 is 10.6 Å². The molecule has 1 saturated carbocycles. The molecule has 0 bridgehead atoms. The predicted molar refractivity (Wildman–Crippen MR) is 81.0 cm³/mol. The topological polar surface area (TPSA) is 78.4 Å². The van der Waals surface area contributed by atoms with E-state index in [9.17, 15) is 14.7 Å². The van der Waals surface area contributed by atoms with E-state index in [1.165, 1.54) is 0 Å². The standard InChI is InChI=1S/C16H22N2O3/c1-11-6-5-7-12(2)14(11)18-13(19)10-17-15(20)16(21)8-3-4-9-16/h5-7,21H,3-4,8-10H2,1-2H3,(H,17,20)(H,18,19). The summed E-state index contributed by atoms with van der Waals surface area (Å²) < 4.78 is 0. The average molecular weight is 290 g/mol. The third-order valence-corrected chi connectivity index (χ3v) is 4.01. The fourth-order valence-corrected chi connectivity index (χ4v) is 2.71. The lowest BCUT2D eigenvalue weighted by Crippen LogP contribution is -2.47. The van der Waals surface area contributed by atoms with Crippen molar-refractivity contribution in [2.45, 2.75) is 45.1 Å². The number of carbonyl (C=O) groups excluding carboxylic acids is 2. The Morgan fingerprint density at radius 1 is 1.19 bits per heavy atom. The Morgan fingerprint density at radius 3 is 2.33 bits per heavy atom. The van der Waals surface area contributed by atoms with Gasteiger partial charge in [0.15, 0.2) is 0 Å². The molecule has 1 fully saturated rings. The number of rotatable bonds is 4. The summed E-state index contributed by atoms with van der Waals surface area (Å²) in [5.74, 6) is -0.737. The molecule has 0 aromatic heterocycles. The van der Waals surface area contributed by atoms with E-state index in [0.29, 0.717) is 12.8 Å². The molecule has 2 amide bonds. The van der Waals surface area contributed by atoms with Gasteiger partial charge in [0.25, 0.3) is 5.91 Å². The van der Waals surface area contributed by atoms with Crippen molar-refractivity contribution in [3.63, 3.8) is 0 Å². The minimum Gasteiger partial charge on any atom is -0.380 e. The molecule has 0 atom stereocenters. The van der Waals surface area contributed by atoms with Crippen LogP contribution in [0.5, 0.6) is 0 Å². The maximum Gasteiger partial charge on any atom is 0.252 e. The molecule has 5 nitrogen and oxygen atoms in total. The highest BCUT2D eigenvalue weighted by Gasteiger charge is 2.38. The van der Waals surface area contributed by atoms with Gasteiger partial charge in [-0.3, -0.25) is 9.59 Å². The molecule has 21 heavy (non-hydrogen) atoms. The van der Waals surface area contributed by atoms with Gasteiger partial charge >= 0.3 is 0 Å². The molecule has 0 spiro atoms. The second-order valence-electron chi connectivity index (χ2n) is 5.74. The largest absolute Gasteiger partial charge is 0.380 e. The second-order valence-corrected chi connectivity index (χ2v) is 5.74. The molecule has 0 radical (unpaired) electrons. The van der Waals surface area contributed by atoms with E-state index in [0.717, 1.165) is 29.7 Å². The second kappa shape index (κ2) is 6.26. The van der Waals surface area contributed by atoms with Crippen LogP contribution in [-0.4, -0.2) is 29.1 Å². The number of aryl methyl sites for hydroxylation is 2. The van der Waals surface area contributed by atoms with E-state index in [2.05, 4.69) is 10.6 Å². The number of anilines is 1. The van der Waals surface area contributed by atoms with Crippen LogP contribution in [-0.2, 0) is 9.59 Å². The molecule has 1 aliphatic carbocycles. The first-order chi connectivity index (χ1) is 9.92. The summed E-state index contributed by atoms with van der Waals surface area (Å²) >= 11 is 0. The van der Waals surface area contributed by atoms with Gasteiger partial charge < -0.3 is 15.7 Å². The highest BCUT2D eigenvalue weighted by Crippen LogP contribution is 2.29. The quantitative estimate of drug-likeness (QED) is 0.789. The molecule has 5 heteroatoms. The third-order valence-electron chi connectivity index (χ3n) is 4.01. The zero-order valence-corrected chi connectivity index (χ0v) is 12.5. The molecule has 0 unspecified atom stereocenters. The van der Waals surface area contributed by atoms with E-state index in [1.54, 1.807) is 0 Å². The molecule has 114 valence electrons. The molecule has 0 heterocycles. The first-order valence-corrected chi connectivity index (χ1v) is 7.29. The number of para-hydroxylation sites is 1. The van der Waals surface area contributed by atoms with Crippen LogP contribution in [0.2, 0.25) is 0 Å². The van der Waals surface area contributed by atoms with E-state index >= 15 is 0 Å². The maximum atomic E-state index is 11.9. The van der Waals surface area contributed by atoms with Gasteiger partial charge in [-0.25, -0.2) is 0 Å². The molecular weight excluding hydrogens is 268 g/mol. The van der Waals surface area contributed by atoms with Crippen molar-refractivity contribution in [3.05, 3.63) is 29.3 Å². The fourth-order valence-electron chi connectivity index (χ4n) is 2.71. The van der Waals surface area contributed by atoms with Crippen molar-refractivity contribution in [2.75, 3.05) is 11.9 Å². The first kappa shape index (κ1) is 15.5. The van der Waals surface area contributed by atoms with E-state index in [4.69, 9.17) is 0 Å². The zero-order valence-electron chi connectivity index (χ0n) is 12.5. The van der Waals surface area contributed by atoms with E-state index < -0.39 is 11.5 Å². The predicted octanol–water partition coefficient (Wildman–Crippen LogP) is 1.66. The number of carbonyl (C=O) groups is 2. The van der Waals surface area contributed by atoms with Crippen molar-refractivity contribution in [1.29, 1.82) is 0 Å². The summed E-state index contributed by atoms with van der Waals surface area (Å²) in [5, 5.41) is 15.4. The summed E-state index contributed by atoms with van der Waals surface area (Å²) in [6.07, 6.45) is 2.63. The number of benzene rings is 1. The van der Waals surface area contributed by atoms with Crippen LogP contribution in [0, 0.1) is 13.8 Å². The van der Waals surface area contributed by atoms with E-state index in [1.807, 2.05) is 32.0 Å². The highest BCUT2D eigenvalue weighted by atomic mass is 16.3. The van der Waals surface area contributed by atoms with Gasteiger partial charge in [0.2, 0.25) is 5.91 Å². The van der Waals surface area contributed by atoms with Gasteiger partial charge in [-0.2, -0.15) is 0 Å². The van der Waals surface area contributed by atoms with Gasteiger partial charge in [0.05, 0.1) is 6.54 Å². The molecule has 3 N–H and O–H groups in total. The van der Waals surface area contributed by atoms with Gasteiger partial charge in [-0.15, -0.1) is 0 Å². The molecular formula is C16H22N2O3. The maximum absolute atomic E-state index is 11.9. The Balaban J connectivity index is 1.89. The van der Waals surface area contributed by atoms with Crippen molar-refractivity contribution in [2.24, 2.45) is 0 Å². The number of nitrogens with one attached hydrogen (secondary N) is 2. The monoisotopic (exact) mass is 290 g/mol. The van der Waals surface area contributed by atoms with Gasteiger partial charge in [0, 0.05) is 5.69 Å². The van der Waals surface area contributed by atoms with Crippen LogP contribution in [0.25, 0.3) is 0 Å².